The van der Waals surface area contributed by atoms with Crippen LogP contribution in [0.3, 0.4) is 0 Å². The number of fused-ring (bicyclic) bond motifs is 8. The molecule has 0 radical (unpaired) electrons. The molecule has 5 nitrogen and oxygen atoms in total. The van der Waals surface area contributed by atoms with Crippen molar-refractivity contribution in [3.05, 3.63) is 176 Å². The summed E-state index contributed by atoms with van der Waals surface area (Å²) >= 11 is 1.75. The Hall–Kier alpha value is -7.02. The Labute approximate surface area is 314 Å². The zero-order valence-corrected chi connectivity index (χ0v) is 29.7. The molecule has 0 atom stereocenters. The highest BCUT2D eigenvalue weighted by molar-refractivity contribution is 7.25. The molecule has 7 aromatic carbocycles. The van der Waals surface area contributed by atoms with Crippen molar-refractivity contribution >= 4 is 64.2 Å². The van der Waals surface area contributed by atoms with Crippen LogP contribution >= 0.6 is 11.3 Å². The van der Waals surface area contributed by atoms with E-state index in [1.807, 2.05) is 30.3 Å². The number of hydrogen-bond donors (Lipinski definition) is 0. The molecule has 0 fully saturated rings. The summed E-state index contributed by atoms with van der Waals surface area (Å²) in [5.74, 6) is 1.88. The molecule has 0 saturated heterocycles. The summed E-state index contributed by atoms with van der Waals surface area (Å²) in [4.78, 5) is 21.4. The fraction of sp³-hybridized carbons (Fsp3) is 0. The van der Waals surface area contributed by atoms with E-state index in [1.54, 1.807) is 11.3 Å². The van der Waals surface area contributed by atoms with Crippen LogP contribution in [-0.2, 0) is 0 Å². The number of aromatic nitrogens is 5. The van der Waals surface area contributed by atoms with Gasteiger partial charge in [0.05, 0.1) is 16.7 Å². The van der Waals surface area contributed by atoms with E-state index < -0.39 is 0 Å². The van der Waals surface area contributed by atoms with Gasteiger partial charge >= 0.3 is 0 Å². The average molecular weight is 708 g/mol. The van der Waals surface area contributed by atoms with Crippen LogP contribution in [0.15, 0.2) is 176 Å². The lowest BCUT2D eigenvalue weighted by atomic mass is 10.00. The third kappa shape index (κ3) is 4.92. The minimum absolute atomic E-state index is 0.620. The van der Waals surface area contributed by atoms with Gasteiger partial charge in [-0.2, -0.15) is 0 Å². The molecule has 0 aliphatic rings. The largest absolute Gasteiger partial charge is 0.309 e. The van der Waals surface area contributed by atoms with Gasteiger partial charge in [-0.15, -0.1) is 11.3 Å². The lowest BCUT2D eigenvalue weighted by Crippen LogP contribution is -2.00. The molecule has 0 bridgehead atoms. The normalized spacial score (nSPS) is 11.7. The summed E-state index contributed by atoms with van der Waals surface area (Å²) in [6.45, 7) is 0. The molecule has 54 heavy (non-hydrogen) atoms. The first kappa shape index (κ1) is 30.6. The van der Waals surface area contributed by atoms with E-state index in [-0.39, 0.29) is 0 Å². The maximum Gasteiger partial charge on any atom is 0.164 e. The van der Waals surface area contributed by atoms with E-state index in [9.17, 15) is 0 Å². The van der Waals surface area contributed by atoms with Gasteiger partial charge in [0, 0.05) is 59.6 Å². The molecule has 4 heterocycles. The molecule has 0 amide bonds. The van der Waals surface area contributed by atoms with Gasteiger partial charge in [0.15, 0.2) is 17.5 Å². The average Bonchev–Trinajstić information content (AvgIpc) is 3.80. The predicted octanol–water partition coefficient (Wildman–Crippen LogP) is 12.6. The molecule has 0 spiro atoms. The Morgan fingerprint density at radius 3 is 1.44 bits per heavy atom. The molecule has 6 heteroatoms. The third-order valence-electron chi connectivity index (χ3n) is 10.3. The lowest BCUT2D eigenvalue weighted by molar-refractivity contribution is 1.07. The molecule has 0 aliphatic carbocycles. The number of rotatable bonds is 5. The molecule has 11 rings (SSSR count). The summed E-state index contributed by atoms with van der Waals surface area (Å²) in [6, 6.07) is 61.4. The molecule has 0 saturated carbocycles. The van der Waals surface area contributed by atoms with Gasteiger partial charge in [-0.3, -0.25) is 0 Å². The Morgan fingerprint density at radius 2 is 0.815 bits per heavy atom. The number of hydrogen-bond acceptors (Lipinski definition) is 5. The van der Waals surface area contributed by atoms with Crippen LogP contribution in [0.1, 0.15) is 0 Å². The van der Waals surface area contributed by atoms with Crippen LogP contribution in [0, 0.1) is 0 Å². The van der Waals surface area contributed by atoms with Crippen LogP contribution in [0.25, 0.3) is 104 Å². The zero-order valence-electron chi connectivity index (χ0n) is 28.9. The zero-order chi connectivity index (χ0) is 35.6. The highest BCUT2D eigenvalue weighted by Crippen LogP contribution is 2.41. The second-order valence-electron chi connectivity index (χ2n) is 13.5. The van der Waals surface area contributed by atoms with Crippen LogP contribution in [0.4, 0.5) is 0 Å². The van der Waals surface area contributed by atoms with Crippen molar-refractivity contribution in [2.24, 2.45) is 0 Å². The van der Waals surface area contributed by atoms with Gasteiger partial charge in [0.2, 0.25) is 0 Å². The molecule has 0 N–H and O–H groups in total. The van der Waals surface area contributed by atoms with Crippen molar-refractivity contribution in [3.63, 3.8) is 0 Å². The molecular formula is C48H29N5S. The van der Waals surface area contributed by atoms with E-state index in [2.05, 4.69) is 150 Å². The Balaban J connectivity index is 1.01. The summed E-state index contributed by atoms with van der Waals surface area (Å²) in [6.07, 6.45) is 0. The molecule has 0 aliphatic heterocycles. The van der Waals surface area contributed by atoms with Crippen molar-refractivity contribution in [2.45, 2.75) is 0 Å². The molecular weight excluding hydrogens is 679 g/mol. The first-order valence-electron chi connectivity index (χ1n) is 18.0. The van der Waals surface area contributed by atoms with Gasteiger partial charge in [-0.25, -0.2) is 19.9 Å². The molecule has 4 aromatic heterocycles. The SMILES string of the molecule is c1ccc(-c2nc(-c3ccc(-c4nc5sc6ccccc6c5c5ccccc45)cc3)nc(-c3ccc(-n4c5ccccc5c5ccccc54)cc3)n2)cc1. The lowest BCUT2D eigenvalue weighted by Gasteiger charge is -2.11. The summed E-state index contributed by atoms with van der Waals surface area (Å²) in [5, 5.41) is 7.31. The quantitative estimate of drug-likeness (QED) is 0.179. The van der Waals surface area contributed by atoms with Crippen molar-refractivity contribution in [1.29, 1.82) is 0 Å². The van der Waals surface area contributed by atoms with E-state index in [0.29, 0.717) is 17.5 Å². The predicted molar refractivity (Wildman–Crippen MR) is 224 cm³/mol. The van der Waals surface area contributed by atoms with E-state index in [0.717, 1.165) is 43.9 Å². The third-order valence-corrected chi connectivity index (χ3v) is 11.4. The Morgan fingerprint density at radius 1 is 0.352 bits per heavy atom. The van der Waals surface area contributed by atoms with Crippen molar-refractivity contribution in [1.82, 2.24) is 24.5 Å². The highest BCUT2D eigenvalue weighted by atomic mass is 32.1. The monoisotopic (exact) mass is 707 g/mol. The van der Waals surface area contributed by atoms with Crippen LogP contribution in [0.5, 0.6) is 0 Å². The van der Waals surface area contributed by atoms with Crippen LogP contribution < -0.4 is 0 Å². The van der Waals surface area contributed by atoms with E-state index >= 15 is 0 Å². The number of benzene rings is 7. The Kier molecular flexibility index (Phi) is 6.97. The summed E-state index contributed by atoms with van der Waals surface area (Å²) < 4.78 is 3.57. The maximum atomic E-state index is 5.26. The molecule has 252 valence electrons. The van der Waals surface area contributed by atoms with Crippen LogP contribution in [-0.4, -0.2) is 24.5 Å². The van der Waals surface area contributed by atoms with Gasteiger partial charge in [-0.1, -0.05) is 133 Å². The highest BCUT2D eigenvalue weighted by Gasteiger charge is 2.17. The first-order valence-corrected chi connectivity index (χ1v) is 18.8. The fourth-order valence-corrected chi connectivity index (χ4v) is 8.84. The summed E-state index contributed by atoms with van der Waals surface area (Å²) in [5.41, 5.74) is 8.23. The standard InChI is InChI=1S/C48H29N5S/c1-2-12-31(13-3-1)45-50-46(52-47(51-45)33-26-28-34(29-27-33)53-40-19-9-6-14-35(40)36-15-7-10-20-41(36)53)32-24-22-30(23-25-32)44-38-17-5-4-16-37(38)43-39-18-8-11-21-42(39)54-48(43)49-44/h1-29H. The minimum Gasteiger partial charge on any atom is -0.309 e. The second-order valence-corrected chi connectivity index (χ2v) is 14.5. The second kappa shape index (κ2) is 12.3. The van der Waals surface area contributed by atoms with Gasteiger partial charge in [-0.05, 0) is 47.9 Å². The van der Waals surface area contributed by atoms with E-state index in [1.165, 1.54) is 42.7 Å². The van der Waals surface area contributed by atoms with Crippen LogP contribution in [0.2, 0.25) is 0 Å². The fourth-order valence-electron chi connectivity index (χ4n) is 7.75. The number of pyridine rings is 1. The van der Waals surface area contributed by atoms with E-state index in [4.69, 9.17) is 19.9 Å². The molecule has 0 unspecified atom stereocenters. The number of nitrogens with zero attached hydrogens (tertiary/aromatic N) is 5. The van der Waals surface area contributed by atoms with Gasteiger partial charge in [0.1, 0.15) is 4.83 Å². The maximum absolute atomic E-state index is 5.26. The Bertz CT molecular complexity index is 3150. The van der Waals surface area contributed by atoms with Crippen molar-refractivity contribution < 1.29 is 0 Å². The van der Waals surface area contributed by atoms with Crippen molar-refractivity contribution in [3.8, 4) is 51.1 Å². The van der Waals surface area contributed by atoms with Gasteiger partial charge in [0.25, 0.3) is 0 Å². The van der Waals surface area contributed by atoms with Crippen molar-refractivity contribution in [2.75, 3.05) is 0 Å². The summed E-state index contributed by atoms with van der Waals surface area (Å²) in [7, 11) is 0. The smallest absolute Gasteiger partial charge is 0.164 e. The molecule has 11 aromatic rings. The number of para-hydroxylation sites is 2. The minimum atomic E-state index is 0.620. The topological polar surface area (TPSA) is 56.5 Å². The van der Waals surface area contributed by atoms with Gasteiger partial charge < -0.3 is 4.57 Å². The first-order chi connectivity index (χ1) is 26.8. The number of thiophene rings is 1.